The lowest BCUT2D eigenvalue weighted by Gasteiger charge is -2.13. The van der Waals surface area contributed by atoms with E-state index in [4.69, 9.17) is 15.7 Å². The fourth-order valence-corrected chi connectivity index (χ4v) is 1.84. The van der Waals surface area contributed by atoms with E-state index in [0.29, 0.717) is 30.2 Å². The summed E-state index contributed by atoms with van der Waals surface area (Å²) in [6, 6.07) is 10.6. The van der Waals surface area contributed by atoms with Crippen molar-refractivity contribution >= 4 is 5.82 Å². The molecule has 0 bridgehead atoms. The number of hydrogen-bond donors (Lipinski definition) is 2. The zero-order valence-corrected chi connectivity index (χ0v) is 11.7. The minimum Gasteiger partial charge on any atom is -0.493 e. The summed E-state index contributed by atoms with van der Waals surface area (Å²) >= 11 is 0. The zero-order chi connectivity index (χ0) is 15.2. The maximum absolute atomic E-state index is 11.5. The molecule has 0 saturated carbocycles. The van der Waals surface area contributed by atoms with Crippen molar-refractivity contribution in [1.82, 2.24) is 9.97 Å². The number of nitrogen functional groups attached to an aromatic ring is 1. The summed E-state index contributed by atoms with van der Waals surface area (Å²) in [7, 11) is 0. The molecule has 1 heterocycles. The van der Waals surface area contributed by atoms with Crippen molar-refractivity contribution in [2.75, 3.05) is 12.3 Å². The van der Waals surface area contributed by atoms with Gasteiger partial charge in [0.05, 0.1) is 18.2 Å². The monoisotopic (exact) mass is 284 g/mol. The first-order chi connectivity index (χ1) is 10.1. The number of benzene rings is 1. The summed E-state index contributed by atoms with van der Waals surface area (Å²) in [5, 5.41) is 8.66. The molecule has 1 aromatic carbocycles. The van der Waals surface area contributed by atoms with Crippen molar-refractivity contribution in [3.63, 3.8) is 0 Å². The van der Waals surface area contributed by atoms with E-state index in [2.05, 4.69) is 16.0 Å². The third-order valence-corrected chi connectivity index (χ3v) is 2.87. The highest BCUT2D eigenvalue weighted by Gasteiger charge is 2.10. The summed E-state index contributed by atoms with van der Waals surface area (Å²) in [6.45, 7) is 2.35. The van der Waals surface area contributed by atoms with Crippen LogP contribution in [0.15, 0.2) is 35.1 Å². The van der Waals surface area contributed by atoms with Crippen LogP contribution in [0.25, 0.3) is 11.4 Å². The summed E-state index contributed by atoms with van der Waals surface area (Å²) < 4.78 is 5.73. The van der Waals surface area contributed by atoms with Crippen molar-refractivity contribution in [2.24, 2.45) is 5.92 Å². The molecule has 0 aliphatic rings. The van der Waals surface area contributed by atoms with Crippen molar-refractivity contribution in [2.45, 2.75) is 13.3 Å². The van der Waals surface area contributed by atoms with E-state index in [-0.39, 0.29) is 17.3 Å². The first-order valence-corrected chi connectivity index (χ1v) is 6.56. The number of para-hydroxylation sites is 1. The molecule has 0 spiro atoms. The normalized spacial score (nSPS) is 11.6. The van der Waals surface area contributed by atoms with E-state index in [1.54, 1.807) is 12.1 Å². The number of nitriles is 1. The van der Waals surface area contributed by atoms with Gasteiger partial charge in [0.25, 0.3) is 5.56 Å². The fraction of sp³-hybridized carbons (Fsp3) is 0.267. The Labute approximate surface area is 122 Å². The number of hydrogen-bond acceptors (Lipinski definition) is 5. The number of aromatic amines is 1. The molecule has 0 aliphatic carbocycles. The molecule has 0 saturated heterocycles. The average molecular weight is 284 g/mol. The van der Waals surface area contributed by atoms with Crippen molar-refractivity contribution < 1.29 is 4.74 Å². The first-order valence-electron chi connectivity index (χ1n) is 6.56. The largest absolute Gasteiger partial charge is 0.493 e. The standard InChI is InChI=1S/C15H16N4O2/c1-10(6-7-16)9-21-12-5-3-2-4-11(12)15-18-13(17)8-14(20)19-15/h2-5,8,10H,6,9H2,1H3,(H3,17,18,19,20). The summed E-state index contributed by atoms with van der Waals surface area (Å²) in [6.07, 6.45) is 0.426. The van der Waals surface area contributed by atoms with Gasteiger partial charge in [-0.1, -0.05) is 19.1 Å². The van der Waals surface area contributed by atoms with E-state index in [0.717, 1.165) is 0 Å². The number of aromatic nitrogens is 2. The second-order valence-corrected chi connectivity index (χ2v) is 4.79. The molecule has 6 heteroatoms. The van der Waals surface area contributed by atoms with Gasteiger partial charge in [0.15, 0.2) is 0 Å². The molecule has 3 N–H and O–H groups in total. The molecule has 0 radical (unpaired) electrons. The predicted octanol–water partition coefficient (Wildman–Crippen LogP) is 1.95. The fourth-order valence-electron chi connectivity index (χ4n) is 1.84. The SMILES string of the molecule is CC(CC#N)COc1ccccc1-c1nc(N)cc(=O)[nH]1. The Morgan fingerprint density at radius 1 is 1.48 bits per heavy atom. The molecule has 0 fully saturated rings. The van der Waals surface area contributed by atoms with Crippen LogP contribution in [0.3, 0.4) is 0 Å². The Kier molecular flexibility index (Phi) is 4.57. The van der Waals surface area contributed by atoms with Gasteiger partial charge in [0.1, 0.15) is 17.4 Å². The van der Waals surface area contributed by atoms with Crippen LogP contribution >= 0.6 is 0 Å². The van der Waals surface area contributed by atoms with E-state index < -0.39 is 0 Å². The Bertz CT molecular complexity index is 718. The molecule has 108 valence electrons. The second-order valence-electron chi connectivity index (χ2n) is 4.79. The van der Waals surface area contributed by atoms with Gasteiger partial charge in [-0.2, -0.15) is 5.26 Å². The number of rotatable bonds is 5. The average Bonchev–Trinajstić information content (AvgIpc) is 2.45. The highest BCUT2D eigenvalue weighted by Crippen LogP contribution is 2.27. The Morgan fingerprint density at radius 3 is 2.95 bits per heavy atom. The minimum atomic E-state index is -0.315. The maximum Gasteiger partial charge on any atom is 0.253 e. The van der Waals surface area contributed by atoms with Crippen LogP contribution in [0.1, 0.15) is 13.3 Å². The number of nitrogens with one attached hydrogen (secondary N) is 1. The van der Waals surface area contributed by atoms with Crippen molar-refractivity contribution in [1.29, 1.82) is 5.26 Å². The van der Waals surface area contributed by atoms with E-state index in [9.17, 15) is 4.79 Å². The molecule has 21 heavy (non-hydrogen) atoms. The van der Waals surface area contributed by atoms with Crippen LogP contribution < -0.4 is 16.0 Å². The zero-order valence-electron chi connectivity index (χ0n) is 11.7. The van der Waals surface area contributed by atoms with Gasteiger partial charge in [-0.05, 0) is 12.1 Å². The van der Waals surface area contributed by atoms with E-state index in [1.807, 2.05) is 19.1 Å². The number of nitrogens with two attached hydrogens (primary N) is 1. The summed E-state index contributed by atoms with van der Waals surface area (Å²) in [4.78, 5) is 18.3. The Balaban J connectivity index is 2.28. The maximum atomic E-state index is 11.5. The van der Waals surface area contributed by atoms with Crippen LogP contribution in [0, 0.1) is 17.2 Å². The highest BCUT2D eigenvalue weighted by molar-refractivity contribution is 5.64. The van der Waals surface area contributed by atoms with Gasteiger partial charge >= 0.3 is 0 Å². The number of anilines is 1. The van der Waals surface area contributed by atoms with Crippen LogP contribution in [-0.4, -0.2) is 16.6 Å². The molecular formula is C15H16N4O2. The topological polar surface area (TPSA) is 105 Å². The van der Waals surface area contributed by atoms with Crippen LogP contribution in [-0.2, 0) is 0 Å². The van der Waals surface area contributed by atoms with Crippen LogP contribution in [0.2, 0.25) is 0 Å². The number of ether oxygens (including phenoxy) is 1. The van der Waals surface area contributed by atoms with Gasteiger partial charge in [-0.25, -0.2) is 4.98 Å². The third-order valence-electron chi connectivity index (χ3n) is 2.87. The molecule has 2 rings (SSSR count). The summed E-state index contributed by atoms with van der Waals surface area (Å²) in [5.74, 6) is 1.23. The first kappa shape index (κ1) is 14.6. The van der Waals surface area contributed by atoms with E-state index in [1.165, 1.54) is 6.07 Å². The van der Waals surface area contributed by atoms with Crippen LogP contribution in [0.4, 0.5) is 5.82 Å². The molecule has 1 atom stereocenters. The quantitative estimate of drug-likeness (QED) is 0.873. The number of H-pyrrole nitrogens is 1. The van der Waals surface area contributed by atoms with Gasteiger partial charge < -0.3 is 15.5 Å². The predicted molar refractivity (Wildman–Crippen MR) is 79.6 cm³/mol. The number of nitrogens with zero attached hydrogens (tertiary/aromatic N) is 2. The third kappa shape index (κ3) is 3.83. The van der Waals surface area contributed by atoms with Gasteiger partial charge in [0.2, 0.25) is 0 Å². The molecule has 6 nitrogen and oxygen atoms in total. The molecule has 2 aromatic rings. The molecule has 1 aromatic heterocycles. The lowest BCUT2D eigenvalue weighted by Crippen LogP contribution is -2.11. The van der Waals surface area contributed by atoms with E-state index >= 15 is 0 Å². The Morgan fingerprint density at radius 2 is 2.24 bits per heavy atom. The van der Waals surface area contributed by atoms with Crippen LogP contribution in [0.5, 0.6) is 5.75 Å². The summed E-state index contributed by atoms with van der Waals surface area (Å²) in [5.41, 5.74) is 5.94. The molecular weight excluding hydrogens is 268 g/mol. The lowest BCUT2D eigenvalue weighted by atomic mass is 10.1. The van der Waals surface area contributed by atoms with Gasteiger partial charge in [0, 0.05) is 18.4 Å². The van der Waals surface area contributed by atoms with Gasteiger partial charge in [-0.3, -0.25) is 4.79 Å². The molecule has 0 amide bonds. The molecule has 0 aliphatic heterocycles. The Hall–Kier alpha value is -2.81. The highest BCUT2D eigenvalue weighted by atomic mass is 16.5. The molecule has 1 unspecified atom stereocenters. The lowest BCUT2D eigenvalue weighted by molar-refractivity contribution is 0.263. The van der Waals surface area contributed by atoms with Crippen molar-refractivity contribution in [3.8, 4) is 23.2 Å². The second kappa shape index (κ2) is 6.57. The van der Waals surface area contributed by atoms with Gasteiger partial charge in [-0.15, -0.1) is 0 Å². The smallest absolute Gasteiger partial charge is 0.253 e. The van der Waals surface area contributed by atoms with Crippen molar-refractivity contribution in [3.05, 3.63) is 40.7 Å². The minimum absolute atomic E-state index is 0.121.